The van der Waals surface area contributed by atoms with Crippen LogP contribution in [0.25, 0.3) is 0 Å². The standard InChI is InChI=1S/C25H26Cl2N2O2S/c1-16-9-10-23-24(17(16)2)29(21-7-4-5-8-22(21)32(23)31)12-6-11-28(3)15-18-13-19(26)14-20(27)25(18)30/h4-5,7-10,13-14,30H,6,11-12,15H2,1-3H3. The highest BCUT2D eigenvalue weighted by Crippen LogP contribution is 2.44. The van der Waals surface area contributed by atoms with Gasteiger partial charge in [0.2, 0.25) is 0 Å². The Morgan fingerprint density at radius 3 is 2.59 bits per heavy atom. The molecule has 1 heterocycles. The third-order valence-corrected chi connectivity index (χ3v) is 7.94. The number of aryl methyl sites for hydroxylation is 1. The monoisotopic (exact) mass is 488 g/mol. The quantitative estimate of drug-likeness (QED) is 0.432. The number of para-hydroxylation sites is 1. The third kappa shape index (κ3) is 4.40. The Labute approximate surface area is 201 Å². The molecule has 32 heavy (non-hydrogen) atoms. The van der Waals surface area contributed by atoms with Crippen LogP contribution in [-0.4, -0.2) is 34.4 Å². The van der Waals surface area contributed by atoms with E-state index >= 15 is 0 Å². The first kappa shape index (κ1) is 23.1. The lowest BCUT2D eigenvalue weighted by Crippen LogP contribution is -2.29. The fourth-order valence-corrected chi connectivity index (χ4v) is 6.15. The minimum atomic E-state index is -1.18. The first-order valence-electron chi connectivity index (χ1n) is 10.5. The fourth-order valence-electron chi connectivity index (χ4n) is 4.18. The van der Waals surface area contributed by atoms with E-state index in [0.717, 1.165) is 46.2 Å². The summed E-state index contributed by atoms with van der Waals surface area (Å²) in [5.74, 6) is 0.0791. The second kappa shape index (κ2) is 9.44. The zero-order valence-corrected chi connectivity index (χ0v) is 20.7. The van der Waals surface area contributed by atoms with Crippen molar-refractivity contribution in [2.75, 3.05) is 25.0 Å². The van der Waals surface area contributed by atoms with Gasteiger partial charge in [-0.25, -0.2) is 4.21 Å². The van der Waals surface area contributed by atoms with Crippen molar-refractivity contribution in [3.63, 3.8) is 0 Å². The predicted molar refractivity (Wildman–Crippen MR) is 133 cm³/mol. The van der Waals surface area contributed by atoms with Gasteiger partial charge in [-0.15, -0.1) is 0 Å². The number of hydrogen-bond acceptors (Lipinski definition) is 4. The molecule has 0 aromatic heterocycles. The maximum absolute atomic E-state index is 13.2. The van der Waals surface area contributed by atoms with Gasteiger partial charge in [0.25, 0.3) is 0 Å². The molecule has 0 spiro atoms. The highest BCUT2D eigenvalue weighted by atomic mass is 35.5. The number of nitrogens with zero attached hydrogens (tertiary/aromatic N) is 2. The van der Waals surface area contributed by atoms with Gasteiger partial charge in [0.05, 0.1) is 37.0 Å². The molecule has 0 fully saturated rings. The molecule has 1 N–H and O–H groups in total. The van der Waals surface area contributed by atoms with Crippen LogP contribution in [-0.2, 0) is 17.3 Å². The topological polar surface area (TPSA) is 43.8 Å². The van der Waals surface area contributed by atoms with Gasteiger partial charge in [0.1, 0.15) is 5.75 Å². The van der Waals surface area contributed by atoms with Gasteiger partial charge in [-0.05, 0) is 75.3 Å². The minimum absolute atomic E-state index is 0.0791. The number of anilines is 2. The zero-order chi connectivity index (χ0) is 23.0. The van der Waals surface area contributed by atoms with E-state index in [1.54, 1.807) is 12.1 Å². The van der Waals surface area contributed by atoms with E-state index < -0.39 is 10.8 Å². The van der Waals surface area contributed by atoms with E-state index in [-0.39, 0.29) is 10.8 Å². The minimum Gasteiger partial charge on any atom is -0.506 e. The highest BCUT2D eigenvalue weighted by molar-refractivity contribution is 7.85. The van der Waals surface area contributed by atoms with Crippen molar-refractivity contribution < 1.29 is 9.32 Å². The zero-order valence-electron chi connectivity index (χ0n) is 18.4. The number of phenols is 1. The average molecular weight is 489 g/mol. The van der Waals surface area contributed by atoms with Crippen molar-refractivity contribution in [3.05, 3.63) is 75.3 Å². The van der Waals surface area contributed by atoms with E-state index in [9.17, 15) is 9.32 Å². The van der Waals surface area contributed by atoms with Crippen LogP contribution in [0.15, 0.2) is 58.3 Å². The second-order valence-electron chi connectivity index (χ2n) is 8.23. The molecule has 0 aliphatic carbocycles. The SMILES string of the molecule is Cc1ccc2c(c1C)N(CCCN(C)Cc1cc(Cl)cc(Cl)c1O)c1ccccc1S2=O. The summed E-state index contributed by atoms with van der Waals surface area (Å²) in [6, 6.07) is 15.3. The summed E-state index contributed by atoms with van der Waals surface area (Å²) in [6.07, 6.45) is 0.888. The van der Waals surface area contributed by atoms with Crippen LogP contribution in [0.4, 0.5) is 11.4 Å². The molecule has 0 saturated carbocycles. The van der Waals surface area contributed by atoms with E-state index in [1.807, 2.05) is 37.4 Å². The molecular weight excluding hydrogens is 463 g/mol. The number of hydrogen-bond donors (Lipinski definition) is 1. The Hall–Kier alpha value is -2.05. The van der Waals surface area contributed by atoms with Crippen LogP contribution >= 0.6 is 23.2 Å². The van der Waals surface area contributed by atoms with Gasteiger partial charge in [0.15, 0.2) is 0 Å². The van der Waals surface area contributed by atoms with E-state index in [2.05, 4.69) is 29.7 Å². The molecule has 0 bridgehead atoms. The first-order chi connectivity index (χ1) is 15.3. The molecule has 1 unspecified atom stereocenters. The van der Waals surface area contributed by atoms with Crippen LogP contribution < -0.4 is 4.90 Å². The molecule has 3 aromatic carbocycles. The molecule has 3 aromatic rings. The summed E-state index contributed by atoms with van der Waals surface area (Å²) in [6.45, 7) is 6.34. The Morgan fingerprint density at radius 1 is 1.06 bits per heavy atom. The van der Waals surface area contributed by atoms with Crippen molar-refractivity contribution in [3.8, 4) is 5.75 Å². The van der Waals surface area contributed by atoms with Crippen LogP contribution in [0, 0.1) is 13.8 Å². The first-order valence-corrected chi connectivity index (χ1v) is 12.4. The summed E-state index contributed by atoms with van der Waals surface area (Å²) in [5, 5.41) is 11.0. The summed E-state index contributed by atoms with van der Waals surface area (Å²) < 4.78 is 13.2. The normalized spacial score (nSPS) is 15.1. The lowest BCUT2D eigenvalue weighted by Gasteiger charge is -2.35. The maximum atomic E-state index is 13.2. The number of aromatic hydroxyl groups is 1. The van der Waals surface area contributed by atoms with Gasteiger partial charge in [-0.3, -0.25) is 0 Å². The summed E-state index contributed by atoms with van der Waals surface area (Å²) in [5.41, 5.74) is 5.13. The third-order valence-electron chi connectivity index (χ3n) is 5.96. The molecule has 1 aliphatic rings. The average Bonchev–Trinajstić information content (AvgIpc) is 2.76. The summed E-state index contributed by atoms with van der Waals surface area (Å²) >= 11 is 12.2. The molecule has 168 valence electrons. The van der Waals surface area contributed by atoms with E-state index in [4.69, 9.17) is 23.2 Å². The Kier molecular flexibility index (Phi) is 6.82. The van der Waals surface area contributed by atoms with Gasteiger partial charge in [-0.1, -0.05) is 41.4 Å². The van der Waals surface area contributed by atoms with Crippen molar-refractivity contribution in [1.82, 2.24) is 4.90 Å². The number of benzene rings is 3. The van der Waals surface area contributed by atoms with Crippen molar-refractivity contribution in [2.24, 2.45) is 0 Å². The van der Waals surface area contributed by atoms with Crippen molar-refractivity contribution in [1.29, 1.82) is 0 Å². The molecule has 1 atom stereocenters. The summed E-state index contributed by atoms with van der Waals surface area (Å²) in [7, 11) is 0.828. The lowest BCUT2D eigenvalue weighted by atomic mass is 10.1. The van der Waals surface area contributed by atoms with Gasteiger partial charge in [0, 0.05) is 23.7 Å². The number of fused-ring (bicyclic) bond motifs is 2. The van der Waals surface area contributed by atoms with Crippen LogP contribution in [0.1, 0.15) is 23.1 Å². The Balaban J connectivity index is 1.53. The molecule has 7 heteroatoms. The van der Waals surface area contributed by atoms with Gasteiger partial charge in [-0.2, -0.15) is 0 Å². The molecule has 4 nitrogen and oxygen atoms in total. The maximum Gasteiger partial charge on any atom is 0.138 e. The number of halogens is 2. The summed E-state index contributed by atoms with van der Waals surface area (Å²) in [4.78, 5) is 6.17. The molecule has 0 amide bonds. The van der Waals surface area contributed by atoms with Crippen molar-refractivity contribution >= 4 is 45.4 Å². The van der Waals surface area contributed by atoms with Crippen LogP contribution in [0.3, 0.4) is 0 Å². The molecule has 4 rings (SSSR count). The smallest absolute Gasteiger partial charge is 0.138 e. The molecule has 0 saturated heterocycles. The van der Waals surface area contributed by atoms with Crippen molar-refractivity contribution in [2.45, 2.75) is 36.6 Å². The molecule has 0 radical (unpaired) electrons. The largest absolute Gasteiger partial charge is 0.506 e. The molecular formula is C25H26Cl2N2O2S. The van der Waals surface area contributed by atoms with Gasteiger partial charge >= 0.3 is 0 Å². The van der Waals surface area contributed by atoms with E-state index in [1.165, 1.54) is 5.56 Å². The number of rotatable bonds is 6. The second-order valence-corrected chi connectivity index (χ2v) is 10.5. The number of phenolic OH excluding ortho intramolecular Hbond substituents is 1. The highest BCUT2D eigenvalue weighted by Gasteiger charge is 2.29. The fraction of sp³-hybridized carbons (Fsp3) is 0.280. The van der Waals surface area contributed by atoms with Crippen LogP contribution in [0.5, 0.6) is 5.75 Å². The Morgan fingerprint density at radius 2 is 1.81 bits per heavy atom. The van der Waals surface area contributed by atoms with E-state index in [0.29, 0.717) is 17.1 Å². The lowest BCUT2D eigenvalue weighted by molar-refractivity contribution is 0.317. The van der Waals surface area contributed by atoms with Gasteiger partial charge < -0.3 is 14.9 Å². The molecule has 1 aliphatic heterocycles. The predicted octanol–water partition coefficient (Wildman–Crippen LogP) is 6.46. The van der Waals surface area contributed by atoms with Crippen LogP contribution in [0.2, 0.25) is 10.0 Å². The Bertz CT molecular complexity index is 1200.